The molecule has 0 bridgehead atoms. The van der Waals surface area contributed by atoms with E-state index < -0.39 is 11.7 Å². The minimum Gasteiger partial charge on any atom is -0.497 e. The van der Waals surface area contributed by atoms with Crippen LogP contribution in [-0.2, 0) is 6.18 Å². The van der Waals surface area contributed by atoms with Crippen molar-refractivity contribution < 1.29 is 27.4 Å². The van der Waals surface area contributed by atoms with Gasteiger partial charge in [0.15, 0.2) is 5.75 Å². The smallest absolute Gasteiger partial charge is 0.416 e. The van der Waals surface area contributed by atoms with Crippen LogP contribution in [0.25, 0.3) is 0 Å². The van der Waals surface area contributed by atoms with Crippen LogP contribution in [0, 0.1) is 0 Å². The number of carbonyl (C=O) groups is 1. The molecule has 1 atom stereocenters. The summed E-state index contributed by atoms with van der Waals surface area (Å²) in [5, 5.41) is 3.37. The highest BCUT2D eigenvalue weighted by molar-refractivity contribution is 6.30. The second kappa shape index (κ2) is 10.1. The van der Waals surface area contributed by atoms with E-state index in [1.54, 1.807) is 47.4 Å². The Hall–Kier alpha value is -3.92. The number of halogens is 4. The number of rotatable bonds is 2. The average molecular weight is 545 g/mol. The first-order valence-electron chi connectivity index (χ1n) is 11.9. The molecule has 2 aliphatic heterocycles. The number of fused-ring (bicyclic) bond motifs is 2. The third-order valence-electron chi connectivity index (χ3n) is 6.42. The van der Waals surface area contributed by atoms with Gasteiger partial charge in [-0.15, -0.1) is 0 Å². The van der Waals surface area contributed by atoms with Gasteiger partial charge in [-0.1, -0.05) is 17.7 Å². The Bertz CT molecular complexity index is 1410. The molecule has 1 saturated heterocycles. The normalized spacial score (nSPS) is 17.0. The summed E-state index contributed by atoms with van der Waals surface area (Å²) in [6.07, 6.45) is -4.52. The molecule has 3 aromatic rings. The Morgan fingerprint density at radius 2 is 1.89 bits per heavy atom. The fourth-order valence-corrected chi connectivity index (χ4v) is 4.70. The number of methoxy groups -OCH3 is 1. The number of hydrogen-bond donors (Lipinski definition) is 1. The summed E-state index contributed by atoms with van der Waals surface area (Å²) in [5.41, 5.74) is 0.416. The van der Waals surface area contributed by atoms with Crippen molar-refractivity contribution in [1.29, 1.82) is 0 Å². The highest BCUT2D eigenvalue weighted by Gasteiger charge is 2.34. The maximum absolute atomic E-state index is 13.5. The first kappa shape index (κ1) is 25.7. The summed E-state index contributed by atoms with van der Waals surface area (Å²) in [6, 6.07) is 14.8. The molecule has 2 aliphatic rings. The second-order valence-corrected chi connectivity index (χ2v) is 9.45. The molecule has 0 saturated carbocycles. The second-order valence-electron chi connectivity index (χ2n) is 9.01. The van der Waals surface area contributed by atoms with Gasteiger partial charge in [-0.2, -0.15) is 13.2 Å². The number of alkyl halides is 3. The first-order chi connectivity index (χ1) is 18.1. The van der Waals surface area contributed by atoms with Gasteiger partial charge in [0.1, 0.15) is 23.0 Å². The Balaban J connectivity index is 1.46. The number of nitrogens with zero attached hydrogens (tertiary/aromatic N) is 3. The molecule has 2 heterocycles. The van der Waals surface area contributed by atoms with Crippen molar-refractivity contribution in [1.82, 2.24) is 9.80 Å². The van der Waals surface area contributed by atoms with Gasteiger partial charge in [-0.25, -0.2) is 9.79 Å². The number of hydrogen-bond acceptors (Lipinski definition) is 5. The van der Waals surface area contributed by atoms with Crippen LogP contribution in [-0.4, -0.2) is 54.5 Å². The Morgan fingerprint density at radius 3 is 2.61 bits per heavy atom. The van der Waals surface area contributed by atoms with Gasteiger partial charge in [0.2, 0.25) is 0 Å². The van der Waals surface area contributed by atoms with Crippen molar-refractivity contribution >= 4 is 34.8 Å². The third kappa shape index (κ3) is 5.22. The number of amides is 2. The van der Waals surface area contributed by atoms with Crippen molar-refractivity contribution in [3.05, 3.63) is 76.8 Å². The molecule has 198 valence electrons. The number of benzene rings is 3. The zero-order valence-corrected chi connectivity index (χ0v) is 21.3. The Kier molecular flexibility index (Phi) is 6.83. The van der Waals surface area contributed by atoms with E-state index in [0.29, 0.717) is 53.2 Å². The van der Waals surface area contributed by atoms with Crippen molar-refractivity contribution in [3.63, 3.8) is 0 Å². The SMILES string of the molecule is COc1ccc2c(c1)C(N1CCN(C(=O)Nc3cccc(Cl)c3)[C@H](C)C1)=Nc1cc(C(F)(F)F)ccc1O2. The van der Waals surface area contributed by atoms with Crippen LogP contribution in [0.5, 0.6) is 17.2 Å². The minimum absolute atomic E-state index is 0.0683. The molecule has 0 spiro atoms. The van der Waals surface area contributed by atoms with Crippen molar-refractivity contribution in [2.45, 2.75) is 19.1 Å². The van der Waals surface area contributed by atoms with Gasteiger partial charge in [-0.3, -0.25) is 0 Å². The van der Waals surface area contributed by atoms with Crippen LogP contribution in [0.15, 0.2) is 65.7 Å². The lowest BCUT2D eigenvalue weighted by Crippen LogP contribution is -2.56. The molecule has 5 rings (SSSR count). The molecule has 0 aliphatic carbocycles. The van der Waals surface area contributed by atoms with Gasteiger partial charge >= 0.3 is 12.2 Å². The molecule has 0 aromatic heterocycles. The lowest BCUT2D eigenvalue weighted by Gasteiger charge is -2.41. The maximum Gasteiger partial charge on any atom is 0.416 e. The Morgan fingerprint density at radius 1 is 1.11 bits per heavy atom. The van der Waals surface area contributed by atoms with Gasteiger partial charge in [0.25, 0.3) is 0 Å². The topological polar surface area (TPSA) is 66.4 Å². The number of anilines is 1. The molecule has 3 aromatic carbocycles. The van der Waals surface area contributed by atoms with E-state index in [1.165, 1.54) is 13.2 Å². The largest absolute Gasteiger partial charge is 0.497 e. The van der Waals surface area contributed by atoms with E-state index in [0.717, 1.165) is 12.1 Å². The van der Waals surface area contributed by atoms with Crippen LogP contribution in [0.3, 0.4) is 0 Å². The monoisotopic (exact) mass is 544 g/mol. The van der Waals surface area contributed by atoms with Crippen molar-refractivity contribution in [3.8, 4) is 17.2 Å². The highest BCUT2D eigenvalue weighted by Crippen LogP contribution is 2.42. The summed E-state index contributed by atoms with van der Waals surface area (Å²) < 4.78 is 51.8. The number of nitrogens with one attached hydrogen (secondary N) is 1. The van der Waals surface area contributed by atoms with E-state index >= 15 is 0 Å². The standard InChI is InChI=1S/C27H24ClF3N4O3/c1-16-15-34(10-11-35(16)26(36)32-19-5-3-4-18(28)13-19)25-21-14-20(37-2)7-9-23(21)38-24-8-6-17(27(29,30)31)12-22(24)33-25/h3-9,12-14,16H,10-11,15H2,1-2H3,(H,32,36)/t16-/m1/s1. The molecule has 11 heteroatoms. The predicted octanol–water partition coefficient (Wildman–Crippen LogP) is 6.79. The molecule has 0 unspecified atom stereocenters. The number of amidine groups is 1. The minimum atomic E-state index is -4.52. The quantitative estimate of drug-likeness (QED) is 0.386. The average Bonchev–Trinajstić information content (AvgIpc) is 3.03. The summed E-state index contributed by atoms with van der Waals surface area (Å²) in [6.45, 7) is 3.06. The zero-order chi connectivity index (χ0) is 27.0. The molecule has 38 heavy (non-hydrogen) atoms. The molecule has 2 amide bonds. The third-order valence-corrected chi connectivity index (χ3v) is 6.66. The fourth-order valence-electron chi connectivity index (χ4n) is 4.51. The van der Waals surface area contributed by atoms with Crippen LogP contribution in [0.1, 0.15) is 18.1 Å². The maximum atomic E-state index is 13.5. The summed E-state index contributed by atoms with van der Waals surface area (Å²) in [7, 11) is 1.53. The highest BCUT2D eigenvalue weighted by atomic mass is 35.5. The first-order valence-corrected chi connectivity index (χ1v) is 12.2. The predicted molar refractivity (Wildman–Crippen MR) is 139 cm³/mol. The summed E-state index contributed by atoms with van der Waals surface area (Å²) >= 11 is 6.03. The lowest BCUT2D eigenvalue weighted by atomic mass is 10.1. The van der Waals surface area contributed by atoms with E-state index in [2.05, 4.69) is 10.3 Å². The zero-order valence-electron chi connectivity index (χ0n) is 20.6. The number of urea groups is 1. The van der Waals surface area contributed by atoms with Crippen LogP contribution in [0.4, 0.5) is 29.3 Å². The van der Waals surface area contributed by atoms with Crippen molar-refractivity contribution in [2.24, 2.45) is 4.99 Å². The summed E-state index contributed by atoms with van der Waals surface area (Å²) in [5.74, 6) is 1.65. The van der Waals surface area contributed by atoms with Gasteiger partial charge in [-0.05, 0) is 61.5 Å². The molecule has 1 N–H and O–H groups in total. The Labute approximate surface area is 222 Å². The number of carbonyl (C=O) groups excluding carboxylic acids is 1. The lowest BCUT2D eigenvalue weighted by molar-refractivity contribution is -0.137. The van der Waals surface area contributed by atoms with Gasteiger partial charge in [0, 0.05) is 36.4 Å². The summed E-state index contributed by atoms with van der Waals surface area (Å²) in [4.78, 5) is 21.3. The van der Waals surface area contributed by atoms with Crippen LogP contribution >= 0.6 is 11.6 Å². The van der Waals surface area contributed by atoms with E-state index in [4.69, 9.17) is 21.1 Å². The van der Waals surface area contributed by atoms with Gasteiger partial charge < -0.3 is 24.6 Å². The fraction of sp³-hybridized carbons (Fsp3) is 0.259. The molecule has 7 nitrogen and oxygen atoms in total. The van der Waals surface area contributed by atoms with Gasteiger partial charge in [0.05, 0.1) is 18.2 Å². The number of aliphatic imine (C=N–C) groups is 1. The number of ether oxygens (including phenoxy) is 2. The van der Waals surface area contributed by atoms with Crippen molar-refractivity contribution in [2.75, 3.05) is 32.1 Å². The van der Waals surface area contributed by atoms with E-state index in [9.17, 15) is 18.0 Å². The van der Waals surface area contributed by atoms with E-state index in [1.807, 2.05) is 11.8 Å². The van der Waals surface area contributed by atoms with E-state index in [-0.39, 0.29) is 23.5 Å². The van der Waals surface area contributed by atoms with Crippen LogP contribution < -0.4 is 14.8 Å². The molecular weight excluding hydrogens is 521 g/mol. The molecule has 1 fully saturated rings. The molecule has 0 radical (unpaired) electrons. The molecular formula is C27H24ClF3N4O3. The number of piperazine rings is 1. The van der Waals surface area contributed by atoms with Crippen LogP contribution in [0.2, 0.25) is 5.02 Å².